The van der Waals surface area contributed by atoms with Crippen molar-refractivity contribution in [1.29, 1.82) is 0 Å². The van der Waals surface area contributed by atoms with E-state index in [-0.39, 0.29) is 11.7 Å². The predicted molar refractivity (Wildman–Crippen MR) is 146 cm³/mol. The van der Waals surface area contributed by atoms with Gasteiger partial charge in [-0.15, -0.1) is 11.8 Å². The van der Waals surface area contributed by atoms with Gasteiger partial charge in [-0.3, -0.25) is 9.79 Å². The van der Waals surface area contributed by atoms with Crippen LogP contribution in [0.15, 0.2) is 64.6 Å². The largest absolute Gasteiger partial charge is 0.497 e. The van der Waals surface area contributed by atoms with Gasteiger partial charge in [0.05, 0.1) is 47.1 Å². The Kier molecular flexibility index (Phi) is 7.78. The van der Waals surface area contributed by atoms with Gasteiger partial charge in [-0.25, -0.2) is 4.99 Å². The lowest BCUT2D eigenvalue weighted by Crippen LogP contribution is -2.16. The highest BCUT2D eigenvalue weighted by Gasteiger charge is 2.18. The Bertz CT molecular complexity index is 1320. The molecule has 0 saturated heterocycles. The van der Waals surface area contributed by atoms with Crippen molar-refractivity contribution in [3.8, 4) is 11.5 Å². The maximum atomic E-state index is 12.7. The van der Waals surface area contributed by atoms with Crippen molar-refractivity contribution in [2.24, 2.45) is 9.98 Å². The summed E-state index contributed by atoms with van der Waals surface area (Å²) in [6, 6.07) is 17.1. The van der Waals surface area contributed by atoms with Gasteiger partial charge in [-0.05, 0) is 85.1 Å². The van der Waals surface area contributed by atoms with E-state index in [0.29, 0.717) is 22.9 Å². The quantitative estimate of drug-likeness (QED) is 0.394. The van der Waals surface area contributed by atoms with Gasteiger partial charge in [0.25, 0.3) is 0 Å². The third kappa shape index (κ3) is 6.05. The predicted octanol–water partition coefficient (Wildman–Crippen LogP) is 6.90. The lowest BCUT2D eigenvalue weighted by molar-refractivity contribution is -0.113. The van der Waals surface area contributed by atoms with E-state index < -0.39 is 0 Å². The minimum Gasteiger partial charge on any atom is -0.497 e. The second kappa shape index (κ2) is 11.0. The standard InChI is InChI=1S/C27H26ClN3O3S/c1-16-11-23-24(12-17(16)2)31-27(14-22(30-23)18-5-8-20(33-3)9-6-18)35-15-26(32)29-19-7-10-25(34-4)21(28)13-19/h5-13H,14-15H2,1-4H3,(H,29,32). The van der Waals surface area contributed by atoms with Crippen molar-refractivity contribution in [1.82, 2.24) is 0 Å². The number of halogens is 1. The van der Waals surface area contributed by atoms with E-state index in [4.69, 9.17) is 31.1 Å². The first-order valence-corrected chi connectivity index (χ1v) is 12.4. The Morgan fingerprint density at radius 2 is 1.66 bits per heavy atom. The Morgan fingerprint density at radius 1 is 0.971 bits per heavy atom. The highest BCUT2D eigenvalue weighted by Crippen LogP contribution is 2.36. The van der Waals surface area contributed by atoms with Gasteiger partial charge in [0.1, 0.15) is 11.5 Å². The van der Waals surface area contributed by atoms with Crippen molar-refractivity contribution in [2.45, 2.75) is 20.3 Å². The third-order valence-electron chi connectivity index (χ3n) is 5.64. The molecule has 0 aliphatic carbocycles. The maximum absolute atomic E-state index is 12.7. The second-order valence-corrected chi connectivity index (χ2v) is 9.54. The van der Waals surface area contributed by atoms with Crippen molar-refractivity contribution in [2.75, 3.05) is 25.3 Å². The number of carbonyl (C=O) groups excluding carboxylic acids is 1. The van der Waals surface area contributed by atoms with Gasteiger partial charge in [0, 0.05) is 12.1 Å². The van der Waals surface area contributed by atoms with Crippen LogP contribution in [0.5, 0.6) is 11.5 Å². The van der Waals surface area contributed by atoms with E-state index in [1.54, 1.807) is 32.4 Å². The molecule has 3 aromatic rings. The lowest BCUT2D eigenvalue weighted by atomic mass is 10.1. The van der Waals surface area contributed by atoms with E-state index in [1.165, 1.54) is 11.8 Å². The molecule has 8 heteroatoms. The molecule has 1 aliphatic heterocycles. The normalized spacial score (nSPS) is 12.7. The third-order valence-corrected chi connectivity index (χ3v) is 6.91. The second-order valence-electron chi connectivity index (χ2n) is 8.08. The summed E-state index contributed by atoms with van der Waals surface area (Å²) in [5, 5.41) is 4.14. The fraction of sp³-hybridized carbons (Fsp3) is 0.222. The molecule has 35 heavy (non-hydrogen) atoms. The van der Waals surface area contributed by atoms with Crippen LogP contribution in [0.4, 0.5) is 17.1 Å². The van der Waals surface area contributed by atoms with Gasteiger partial charge in [-0.1, -0.05) is 11.6 Å². The molecule has 0 aromatic heterocycles. The van der Waals surface area contributed by atoms with Crippen LogP contribution in [0.3, 0.4) is 0 Å². The van der Waals surface area contributed by atoms with Gasteiger partial charge < -0.3 is 14.8 Å². The minimum atomic E-state index is -0.147. The van der Waals surface area contributed by atoms with Gasteiger partial charge in [0.2, 0.25) is 5.91 Å². The Morgan fingerprint density at radius 3 is 2.29 bits per heavy atom. The van der Waals surface area contributed by atoms with Gasteiger partial charge >= 0.3 is 0 Å². The molecule has 0 bridgehead atoms. The van der Waals surface area contributed by atoms with Crippen LogP contribution in [0.1, 0.15) is 23.1 Å². The number of rotatable bonds is 6. The number of anilines is 1. The summed E-state index contributed by atoms with van der Waals surface area (Å²) < 4.78 is 10.5. The molecule has 1 amide bonds. The zero-order valence-corrected chi connectivity index (χ0v) is 21.6. The molecule has 1 aliphatic rings. The molecule has 0 spiro atoms. The number of amides is 1. The molecule has 4 rings (SSSR count). The average Bonchev–Trinajstić information content (AvgIpc) is 3.02. The van der Waals surface area contributed by atoms with Crippen LogP contribution in [0.25, 0.3) is 0 Å². The van der Waals surface area contributed by atoms with E-state index in [0.717, 1.165) is 44.6 Å². The molecule has 0 fully saturated rings. The number of hydrogen-bond donors (Lipinski definition) is 1. The number of aliphatic imine (C=N–C) groups is 2. The number of carbonyl (C=O) groups is 1. The van der Waals surface area contributed by atoms with E-state index >= 15 is 0 Å². The monoisotopic (exact) mass is 507 g/mol. The summed E-state index contributed by atoms with van der Waals surface area (Å²) in [7, 11) is 3.19. The van der Waals surface area contributed by atoms with Crippen LogP contribution in [0.2, 0.25) is 5.02 Å². The fourth-order valence-corrected chi connectivity index (χ4v) is 4.62. The van der Waals surface area contributed by atoms with Crippen molar-refractivity contribution >= 4 is 57.1 Å². The van der Waals surface area contributed by atoms with Crippen LogP contribution in [-0.2, 0) is 4.79 Å². The van der Waals surface area contributed by atoms with Crippen LogP contribution < -0.4 is 14.8 Å². The number of benzene rings is 3. The molecule has 3 aromatic carbocycles. The molecule has 1 heterocycles. The summed E-state index contributed by atoms with van der Waals surface area (Å²) in [4.78, 5) is 22.5. The molecular weight excluding hydrogens is 482 g/mol. The number of ether oxygens (including phenoxy) is 2. The summed E-state index contributed by atoms with van der Waals surface area (Å²) >= 11 is 7.58. The molecule has 0 saturated carbocycles. The highest BCUT2D eigenvalue weighted by molar-refractivity contribution is 8.14. The molecule has 180 valence electrons. The topological polar surface area (TPSA) is 72.3 Å². The molecule has 1 N–H and O–H groups in total. The lowest BCUT2D eigenvalue weighted by Gasteiger charge is -2.10. The molecular formula is C27H26ClN3O3S. The van der Waals surface area contributed by atoms with Crippen molar-refractivity contribution in [3.05, 3.63) is 76.3 Å². The first-order valence-electron chi connectivity index (χ1n) is 11.0. The van der Waals surface area contributed by atoms with Crippen LogP contribution >= 0.6 is 23.4 Å². The summed E-state index contributed by atoms with van der Waals surface area (Å²) in [5.74, 6) is 1.40. The van der Waals surface area contributed by atoms with Gasteiger partial charge in [-0.2, -0.15) is 0 Å². The van der Waals surface area contributed by atoms with E-state index in [9.17, 15) is 4.79 Å². The average molecular weight is 508 g/mol. The SMILES string of the molecule is COc1ccc(C2=Nc3cc(C)c(C)cc3N=C(SCC(=O)Nc3ccc(OC)c(Cl)c3)C2)cc1. The van der Waals surface area contributed by atoms with Gasteiger partial charge in [0.15, 0.2) is 0 Å². The molecule has 6 nitrogen and oxygen atoms in total. The first-order chi connectivity index (χ1) is 16.9. The van der Waals surface area contributed by atoms with E-state index in [2.05, 4.69) is 25.2 Å². The molecule has 0 unspecified atom stereocenters. The molecule has 0 radical (unpaired) electrons. The summed E-state index contributed by atoms with van der Waals surface area (Å²) in [6.07, 6.45) is 0.519. The summed E-state index contributed by atoms with van der Waals surface area (Å²) in [6.45, 7) is 4.13. The number of methoxy groups -OCH3 is 2. The zero-order chi connectivity index (χ0) is 24.9. The summed E-state index contributed by atoms with van der Waals surface area (Å²) in [5.41, 5.74) is 6.43. The number of thioether (sulfide) groups is 1. The minimum absolute atomic E-state index is 0.147. The van der Waals surface area contributed by atoms with Crippen LogP contribution in [0, 0.1) is 13.8 Å². The molecule has 0 atom stereocenters. The number of aryl methyl sites for hydroxylation is 2. The Labute approximate surface area is 214 Å². The fourth-order valence-electron chi connectivity index (χ4n) is 3.59. The number of nitrogens with zero attached hydrogens (tertiary/aromatic N) is 2. The Balaban J connectivity index is 1.55. The number of fused-ring (bicyclic) bond motifs is 1. The van der Waals surface area contributed by atoms with E-state index in [1.807, 2.05) is 30.3 Å². The van der Waals surface area contributed by atoms with Crippen molar-refractivity contribution in [3.63, 3.8) is 0 Å². The van der Waals surface area contributed by atoms with Crippen LogP contribution in [-0.4, -0.2) is 36.6 Å². The zero-order valence-electron chi connectivity index (χ0n) is 20.0. The first kappa shape index (κ1) is 24.8. The smallest absolute Gasteiger partial charge is 0.234 e. The maximum Gasteiger partial charge on any atom is 0.234 e. The Hall–Kier alpha value is -3.29. The number of hydrogen-bond acceptors (Lipinski definition) is 6. The highest BCUT2D eigenvalue weighted by atomic mass is 35.5. The van der Waals surface area contributed by atoms with Crippen molar-refractivity contribution < 1.29 is 14.3 Å². The number of nitrogens with one attached hydrogen (secondary N) is 1.